The van der Waals surface area contributed by atoms with E-state index in [4.69, 9.17) is 5.73 Å². The molecule has 2 atom stereocenters. The summed E-state index contributed by atoms with van der Waals surface area (Å²) in [5, 5.41) is 3.17. The molecule has 1 aromatic carbocycles. The molecule has 0 radical (unpaired) electrons. The third-order valence-corrected chi connectivity index (χ3v) is 4.42. The first-order chi connectivity index (χ1) is 9.44. The van der Waals surface area contributed by atoms with E-state index in [0.29, 0.717) is 0 Å². The highest BCUT2D eigenvalue weighted by atomic mass is 35.5. The topological polar surface area (TPSA) is 55.1 Å². The van der Waals surface area contributed by atoms with Crippen molar-refractivity contribution in [2.45, 2.75) is 51.1 Å². The lowest BCUT2D eigenvalue weighted by molar-refractivity contribution is -0.127. The minimum absolute atomic E-state index is 0. The van der Waals surface area contributed by atoms with Crippen LogP contribution in [0.4, 0.5) is 4.39 Å². The van der Waals surface area contributed by atoms with Crippen LogP contribution in [0.2, 0.25) is 0 Å². The van der Waals surface area contributed by atoms with E-state index in [1.807, 2.05) is 13.8 Å². The first-order valence-corrected chi connectivity index (χ1v) is 7.28. The molecular formula is C16H24ClFN2O. The predicted octanol–water partition coefficient (Wildman–Crippen LogP) is 3.12. The van der Waals surface area contributed by atoms with Crippen molar-refractivity contribution in [2.75, 3.05) is 0 Å². The maximum Gasteiger partial charge on any atom is 0.225 e. The molecule has 1 amide bonds. The Labute approximate surface area is 131 Å². The Morgan fingerprint density at radius 1 is 1.24 bits per heavy atom. The van der Waals surface area contributed by atoms with Crippen molar-refractivity contribution in [3.63, 3.8) is 0 Å². The van der Waals surface area contributed by atoms with Gasteiger partial charge in [-0.25, -0.2) is 4.39 Å². The van der Waals surface area contributed by atoms with Crippen LogP contribution in [0.15, 0.2) is 24.3 Å². The van der Waals surface area contributed by atoms with Gasteiger partial charge in [-0.1, -0.05) is 31.9 Å². The quantitative estimate of drug-likeness (QED) is 0.897. The number of carbonyl (C=O) groups is 1. The van der Waals surface area contributed by atoms with Crippen LogP contribution >= 0.6 is 12.4 Å². The molecular weight excluding hydrogens is 291 g/mol. The van der Waals surface area contributed by atoms with Crippen molar-refractivity contribution in [3.05, 3.63) is 35.6 Å². The van der Waals surface area contributed by atoms with Crippen LogP contribution in [0, 0.1) is 11.7 Å². The molecule has 118 valence electrons. The van der Waals surface area contributed by atoms with Crippen molar-refractivity contribution in [1.82, 2.24) is 5.32 Å². The van der Waals surface area contributed by atoms with Crippen LogP contribution in [0.3, 0.4) is 0 Å². The van der Waals surface area contributed by atoms with Gasteiger partial charge in [-0.3, -0.25) is 4.79 Å². The largest absolute Gasteiger partial charge is 0.346 e. The van der Waals surface area contributed by atoms with Crippen molar-refractivity contribution < 1.29 is 9.18 Å². The van der Waals surface area contributed by atoms with E-state index in [2.05, 4.69) is 5.32 Å². The zero-order chi connectivity index (χ0) is 14.8. The fraction of sp³-hybridized carbons (Fsp3) is 0.562. The molecule has 0 aromatic heterocycles. The zero-order valence-electron chi connectivity index (χ0n) is 12.6. The molecule has 1 saturated carbocycles. The Hall–Kier alpha value is -1.13. The van der Waals surface area contributed by atoms with Gasteiger partial charge in [0.2, 0.25) is 5.91 Å². The molecule has 5 heteroatoms. The van der Waals surface area contributed by atoms with E-state index in [9.17, 15) is 9.18 Å². The lowest BCUT2D eigenvalue weighted by atomic mass is 9.87. The van der Waals surface area contributed by atoms with Gasteiger partial charge in [-0.05, 0) is 37.5 Å². The number of benzene rings is 1. The summed E-state index contributed by atoms with van der Waals surface area (Å²) in [5.41, 5.74) is 6.44. The van der Waals surface area contributed by atoms with Gasteiger partial charge < -0.3 is 11.1 Å². The van der Waals surface area contributed by atoms with Gasteiger partial charge in [0.15, 0.2) is 0 Å². The van der Waals surface area contributed by atoms with E-state index in [1.165, 1.54) is 12.1 Å². The fourth-order valence-corrected chi connectivity index (χ4v) is 2.82. The highest BCUT2D eigenvalue weighted by molar-refractivity contribution is 5.85. The summed E-state index contributed by atoms with van der Waals surface area (Å²) in [6.45, 7) is 3.68. The van der Waals surface area contributed by atoms with Crippen molar-refractivity contribution in [3.8, 4) is 0 Å². The lowest BCUT2D eigenvalue weighted by Gasteiger charge is -2.33. The zero-order valence-corrected chi connectivity index (χ0v) is 13.4. The van der Waals surface area contributed by atoms with E-state index in [1.54, 1.807) is 12.1 Å². The van der Waals surface area contributed by atoms with Gasteiger partial charge in [0, 0.05) is 12.0 Å². The molecule has 0 saturated heterocycles. The molecule has 2 unspecified atom stereocenters. The summed E-state index contributed by atoms with van der Waals surface area (Å²) in [6.07, 6.45) is 3.94. The maximum atomic E-state index is 13.1. The van der Waals surface area contributed by atoms with E-state index >= 15 is 0 Å². The Morgan fingerprint density at radius 2 is 1.76 bits per heavy atom. The van der Waals surface area contributed by atoms with Crippen molar-refractivity contribution in [1.29, 1.82) is 0 Å². The van der Waals surface area contributed by atoms with Crippen LogP contribution in [-0.2, 0) is 10.3 Å². The minimum Gasteiger partial charge on any atom is -0.346 e. The summed E-state index contributed by atoms with van der Waals surface area (Å²) >= 11 is 0. The van der Waals surface area contributed by atoms with E-state index in [0.717, 1.165) is 31.2 Å². The predicted molar refractivity (Wildman–Crippen MR) is 84.8 cm³/mol. The Bertz CT molecular complexity index is 470. The smallest absolute Gasteiger partial charge is 0.225 e. The minimum atomic E-state index is -0.353. The molecule has 0 heterocycles. The molecule has 1 fully saturated rings. The normalized spacial score (nSPS) is 19.4. The summed E-state index contributed by atoms with van der Waals surface area (Å²) in [5.74, 6) is -0.503. The first-order valence-electron chi connectivity index (χ1n) is 7.28. The molecule has 1 aromatic rings. The SMILES string of the molecule is CC(N)C(C)C(=O)NC1(c2ccc(F)cc2)CCCC1.Cl. The second kappa shape index (κ2) is 7.23. The van der Waals surface area contributed by atoms with Gasteiger partial charge in [0.05, 0.1) is 5.54 Å². The van der Waals surface area contributed by atoms with Gasteiger partial charge in [-0.2, -0.15) is 0 Å². The number of carbonyl (C=O) groups excluding carboxylic acids is 1. The second-order valence-corrected chi connectivity index (χ2v) is 5.93. The summed E-state index contributed by atoms with van der Waals surface area (Å²) < 4.78 is 13.1. The average molecular weight is 315 g/mol. The van der Waals surface area contributed by atoms with Gasteiger partial charge >= 0.3 is 0 Å². The summed E-state index contributed by atoms with van der Waals surface area (Å²) in [6, 6.07) is 6.28. The molecule has 1 aliphatic carbocycles. The second-order valence-electron chi connectivity index (χ2n) is 5.93. The molecule has 0 bridgehead atoms. The van der Waals surface area contributed by atoms with Crippen LogP contribution in [0.25, 0.3) is 0 Å². The third kappa shape index (κ3) is 3.95. The molecule has 1 aliphatic rings. The third-order valence-electron chi connectivity index (χ3n) is 4.42. The summed E-state index contributed by atoms with van der Waals surface area (Å²) in [7, 11) is 0. The van der Waals surface area contributed by atoms with Crippen LogP contribution in [0.5, 0.6) is 0 Å². The van der Waals surface area contributed by atoms with Crippen LogP contribution in [-0.4, -0.2) is 11.9 Å². The van der Waals surface area contributed by atoms with Crippen LogP contribution in [0.1, 0.15) is 45.1 Å². The van der Waals surface area contributed by atoms with Gasteiger partial charge in [0.25, 0.3) is 0 Å². The summed E-state index contributed by atoms with van der Waals surface area (Å²) in [4.78, 5) is 12.3. The number of amides is 1. The molecule has 21 heavy (non-hydrogen) atoms. The highest BCUT2D eigenvalue weighted by Gasteiger charge is 2.38. The number of hydrogen-bond donors (Lipinski definition) is 2. The molecule has 3 N–H and O–H groups in total. The number of hydrogen-bond acceptors (Lipinski definition) is 2. The van der Waals surface area contributed by atoms with E-state index < -0.39 is 0 Å². The molecule has 3 nitrogen and oxygen atoms in total. The van der Waals surface area contributed by atoms with Gasteiger partial charge in [0.1, 0.15) is 5.82 Å². The van der Waals surface area contributed by atoms with Crippen molar-refractivity contribution in [2.24, 2.45) is 11.7 Å². The number of halogens is 2. The highest BCUT2D eigenvalue weighted by Crippen LogP contribution is 2.39. The maximum absolute atomic E-state index is 13.1. The monoisotopic (exact) mass is 314 g/mol. The molecule has 2 rings (SSSR count). The lowest BCUT2D eigenvalue weighted by Crippen LogP contribution is -2.48. The Kier molecular flexibility index (Phi) is 6.17. The number of nitrogens with one attached hydrogen (secondary N) is 1. The molecule has 0 spiro atoms. The Morgan fingerprint density at radius 3 is 2.24 bits per heavy atom. The number of nitrogens with two attached hydrogens (primary N) is 1. The molecule has 0 aliphatic heterocycles. The van der Waals surface area contributed by atoms with Crippen LogP contribution < -0.4 is 11.1 Å². The first kappa shape index (κ1) is 17.9. The average Bonchev–Trinajstić information content (AvgIpc) is 2.88. The van der Waals surface area contributed by atoms with Crippen molar-refractivity contribution >= 4 is 18.3 Å². The van der Waals surface area contributed by atoms with Gasteiger partial charge in [-0.15, -0.1) is 12.4 Å². The fourth-order valence-electron chi connectivity index (χ4n) is 2.82. The standard InChI is InChI=1S/C16H23FN2O.ClH/c1-11(12(2)18)15(20)19-16(9-3-4-10-16)13-5-7-14(17)8-6-13;/h5-8,11-12H,3-4,9-10,18H2,1-2H3,(H,19,20);1H. The Balaban J connectivity index is 0.00000220. The van der Waals surface area contributed by atoms with E-state index in [-0.39, 0.29) is 41.6 Å². The number of rotatable bonds is 4.